The molecule has 4 rings (SSSR count). The smallest absolute Gasteiger partial charge is 0.277 e. The number of nitrogens with zero attached hydrogens (tertiary/aromatic N) is 2. The van der Waals surface area contributed by atoms with E-state index < -0.39 is 6.04 Å². The summed E-state index contributed by atoms with van der Waals surface area (Å²) in [6.45, 7) is 4.01. The van der Waals surface area contributed by atoms with Crippen LogP contribution in [0.15, 0.2) is 51.6 Å². The van der Waals surface area contributed by atoms with Gasteiger partial charge >= 0.3 is 0 Å². The number of aryl methyl sites for hydroxylation is 2. The van der Waals surface area contributed by atoms with Gasteiger partial charge in [0, 0.05) is 17.5 Å². The molecule has 1 aliphatic rings. The van der Waals surface area contributed by atoms with E-state index in [1.165, 1.54) is 29.0 Å². The number of furan rings is 1. The number of hydrogen-bond acceptors (Lipinski definition) is 6. The maximum atomic E-state index is 12.9. The molecule has 1 saturated heterocycles. The number of thioether (sulfide) groups is 1. The molecule has 1 aromatic carbocycles. The lowest BCUT2D eigenvalue weighted by Crippen LogP contribution is -2.44. The molecule has 1 aliphatic heterocycles. The Labute approximate surface area is 166 Å². The van der Waals surface area contributed by atoms with E-state index >= 15 is 0 Å². The van der Waals surface area contributed by atoms with Gasteiger partial charge in [0.1, 0.15) is 6.04 Å². The lowest BCUT2D eigenvalue weighted by Gasteiger charge is -2.22. The summed E-state index contributed by atoms with van der Waals surface area (Å²) in [5, 5.41) is 6.76. The number of aromatic nitrogens is 1. The Kier molecular flexibility index (Phi) is 4.95. The van der Waals surface area contributed by atoms with Crippen LogP contribution in [-0.2, 0) is 4.79 Å². The zero-order valence-electron chi connectivity index (χ0n) is 15.5. The first kappa shape index (κ1) is 18.4. The van der Waals surface area contributed by atoms with Gasteiger partial charge in [-0.25, -0.2) is 0 Å². The van der Waals surface area contributed by atoms with Crippen molar-refractivity contribution in [2.75, 3.05) is 16.9 Å². The Morgan fingerprint density at radius 1 is 1.18 bits per heavy atom. The average Bonchev–Trinajstić information content (AvgIpc) is 3.44. The summed E-state index contributed by atoms with van der Waals surface area (Å²) >= 11 is 1.53. The van der Waals surface area contributed by atoms with Gasteiger partial charge < -0.3 is 19.2 Å². The number of benzene rings is 1. The molecule has 0 saturated carbocycles. The van der Waals surface area contributed by atoms with Crippen LogP contribution in [0.2, 0.25) is 0 Å². The van der Waals surface area contributed by atoms with Gasteiger partial charge in [0.05, 0.1) is 12.1 Å². The summed E-state index contributed by atoms with van der Waals surface area (Å²) in [4.78, 5) is 27.2. The maximum Gasteiger partial charge on any atom is 0.277 e. The molecule has 1 unspecified atom stereocenters. The van der Waals surface area contributed by atoms with Crippen molar-refractivity contribution in [3.8, 4) is 11.5 Å². The van der Waals surface area contributed by atoms with Crippen molar-refractivity contribution in [2.24, 2.45) is 0 Å². The SMILES string of the molecule is Cc1ccc(NC(=O)C2CSCN2C(=O)c2cc(-c3ccco3)on2)cc1C. The van der Waals surface area contributed by atoms with E-state index in [0.717, 1.165) is 16.8 Å². The number of carbonyl (C=O) groups is 2. The minimum atomic E-state index is -0.567. The van der Waals surface area contributed by atoms with Crippen LogP contribution < -0.4 is 5.32 Å². The molecule has 8 heteroatoms. The van der Waals surface area contributed by atoms with Gasteiger partial charge in [0.15, 0.2) is 11.5 Å². The van der Waals surface area contributed by atoms with E-state index in [9.17, 15) is 9.59 Å². The highest BCUT2D eigenvalue weighted by Gasteiger charge is 2.36. The van der Waals surface area contributed by atoms with E-state index in [4.69, 9.17) is 8.94 Å². The third-order valence-electron chi connectivity index (χ3n) is 4.71. The molecule has 28 heavy (non-hydrogen) atoms. The Morgan fingerprint density at radius 3 is 2.79 bits per heavy atom. The van der Waals surface area contributed by atoms with Crippen molar-refractivity contribution in [1.82, 2.24) is 10.1 Å². The first-order valence-electron chi connectivity index (χ1n) is 8.80. The minimum Gasteiger partial charge on any atom is -0.461 e. The van der Waals surface area contributed by atoms with Gasteiger partial charge in [0.2, 0.25) is 11.7 Å². The lowest BCUT2D eigenvalue weighted by molar-refractivity contribution is -0.119. The molecule has 0 bridgehead atoms. The van der Waals surface area contributed by atoms with Crippen LogP contribution in [0, 0.1) is 13.8 Å². The van der Waals surface area contributed by atoms with Crippen molar-refractivity contribution in [1.29, 1.82) is 0 Å². The van der Waals surface area contributed by atoms with Gasteiger partial charge in [-0.3, -0.25) is 9.59 Å². The molecule has 1 atom stereocenters. The van der Waals surface area contributed by atoms with E-state index in [2.05, 4.69) is 10.5 Å². The number of rotatable bonds is 4. The van der Waals surface area contributed by atoms with E-state index in [-0.39, 0.29) is 17.5 Å². The Balaban J connectivity index is 1.48. The van der Waals surface area contributed by atoms with Gasteiger partial charge in [0.25, 0.3) is 5.91 Å². The maximum absolute atomic E-state index is 12.9. The molecule has 1 fully saturated rings. The zero-order chi connectivity index (χ0) is 19.7. The van der Waals surface area contributed by atoms with Gasteiger partial charge in [-0.2, -0.15) is 0 Å². The summed E-state index contributed by atoms with van der Waals surface area (Å²) in [5.74, 6) is 1.27. The third kappa shape index (κ3) is 3.55. The average molecular weight is 397 g/mol. The predicted octanol–water partition coefficient (Wildman–Crippen LogP) is 3.71. The molecule has 144 valence electrons. The summed E-state index contributed by atoms with van der Waals surface area (Å²) in [7, 11) is 0. The van der Waals surface area contributed by atoms with Crippen LogP contribution in [0.1, 0.15) is 21.6 Å². The molecule has 7 nitrogen and oxygen atoms in total. The number of nitrogens with one attached hydrogen (secondary N) is 1. The van der Waals surface area contributed by atoms with Gasteiger partial charge in [-0.05, 0) is 49.2 Å². The van der Waals surface area contributed by atoms with E-state index in [0.29, 0.717) is 23.2 Å². The van der Waals surface area contributed by atoms with Crippen LogP contribution in [0.25, 0.3) is 11.5 Å². The van der Waals surface area contributed by atoms with Crippen molar-refractivity contribution in [3.05, 3.63) is 59.5 Å². The number of amides is 2. The van der Waals surface area contributed by atoms with Crippen LogP contribution in [0.3, 0.4) is 0 Å². The monoisotopic (exact) mass is 397 g/mol. The van der Waals surface area contributed by atoms with Crippen LogP contribution in [0.5, 0.6) is 0 Å². The molecule has 2 amide bonds. The molecule has 0 spiro atoms. The largest absolute Gasteiger partial charge is 0.461 e. The first-order chi connectivity index (χ1) is 13.5. The third-order valence-corrected chi connectivity index (χ3v) is 5.73. The summed E-state index contributed by atoms with van der Waals surface area (Å²) in [5.41, 5.74) is 3.13. The highest BCUT2D eigenvalue weighted by atomic mass is 32.2. The second kappa shape index (κ2) is 7.55. The van der Waals surface area contributed by atoms with Crippen molar-refractivity contribution >= 4 is 29.3 Å². The summed E-state index contributed by atoms with van der Waals surface area (Å²) in [6, 6.07) is 10.2. The topological polar surface area (TPSA) is 88.6 Å². The number of carbonyl (C=O) groups excluding carboxylic acids is 2. The number of anilines is 1. The van der Waals surface area contributed by atoms with Crippen molar-refractivity contribution < 1.29 is 18.5 Å². The van der Waals surface area contributed by atoms with Gasteiger partial charge in [-0.1, -0.05) is 11.2 Å². The quantitative estimate of drug-likeness (QED) is 0.722. The molecular formula is C20H19N3O4S. The fraction of sp³-hybridized carbons (Fsp3) is 0.250. The molecule has 3 heterocycles. The van der Waals surface area contributed by atoms with Crippen molar-refractivity contribution in [2.45, 2.75) is 19.9 Å². The lowest BCUT2D eigenvalue weighted by atomic mass is 10.1. The highest BCUT2D eigenvalue weighted by molar-refractivity contribution is 7.99. The summed E-state index contributed by atoms with van der Waals surface area (Å²) in [6.07, 6.45) is 1.52. The first-order valence-corrected chi connectivity index (χ1v) is 9.96. The Morgan fingerprint density at radius 2 is 2.04 bits per heavy atom. The molecule has 1 N–H and O–H groups in total. The Bertz CT molecular complexity index is 1010. The predicted molar refractivity (Wildman–Crippen MR) is 106 cm³/mol. The fourth-order valence-electron chi connectivity index (χ4n) is 2.96. The minimum absolute atomic E-state index is 0.151. The van der Waals surface area contributed by atoms with Crippen LogP contribution in [-0.4, -0.2) is 39.5 Å². The molecule has 3 aromatic rings. The standard InChI is InChI=1S/C20H19N3O4S/c1-12-5-6-14(8-13(12)2)21-19(24)16-10-28-11-23(16)20(25)15-9-18(27-22-15)17-4-3-7-26-17/h3-9,16H,10-11H2,1-2H3,(H,21,24). The Hall–Kier alpha value is -3.00. The number of hydrogen-bond donors (Lipinski definition) is 1. The van der Waals surface area contributed by atoms with Crippen molar-refractivity contribution in [3.63, 3.8) is 0 Å². The fourth-order valence-corrected chi connectivity index (χ4v) is 4.12. The summed E-state index contributed by atoms with van der Waals surface area (Å²) < 4.78 is 10.5. The molecular weight excluding hydrogens is 378 g/mol. The molecule has 0 aliphatic carbocycles. The molecule has 0 radical (unpaired) electrons. The van der Waals surface area contributed by atoms with Crippen LogP contribution in [0.4, 0.5) is 5.69 Å². The highest BCUT2D eigenvalue weighted by Crippen LogP contribution is 2.26. The normalized spacial score (nSPS) is 16.4. The second-order valence-electron chi connectivity index (χ2n) is 6.63. The zero-order valence-corrected chi connectivity index (χ0v) is 16.3. The van der Waals surface area contributed by atoms with E-state index in [1.54, 1.807) is 12.1 Å². The van der Waals surface area contributed by atoms with E-state index in [1.807, 2.05) is 32.0 Å². The molecule has 2 aromatic heterocycles. The van der Waals surface area contributed by atoms with Gasteiger partial charge in [-0.15, -0.1) is 11.8 Å². The second-order valence-corrected chi connectivity index (χ2v) is 7.63. The van der Waals surface area contributed by atoms with Crippen LogP contribution >= 0.6 is 11.8 Å².